The summed E-state index contributed by atoms with van der Waals surface area (Å²) in [6.07, 6.45) is -0.603. The van der Waals surface area contributed by atoms with E-state index in [2.05, 4.69) is 9.97 Å². The topological polar surface area (TPSA) is 95.8 Å². The third-order valence-electron chi connectivity index (χ3n) is 4.56. The number of hydrogen-bond acceptors (Lipinski definition) is 6. The summed E-state index contributed by atoms with van der Waals surface area (Å²) in [7, 11) is 0. The molecule has 148 valence electrons. The van der Waals surface area contributed by atoms with Gasteiger partial charge in [0.25, 0.3) is 0 Å². The molecule has 1 amide bonds. The highest BCUT2D eigenvalue weighted by molar-refractivity contribution is 6.30. The third kappa shape index (κ3) is 4.47. The predicted molar refractivity (Wildman–Crippen MR) is 108 cm³/mol. The Bertz CT molecular complexity index is 1040. The van der Waals surface area contributed by atoms with Crippen molar-refractivity contribution in [3.05, 3.63) is 59.6 Å². The second kappa shape index (κ2) is 8.06. The first kappa shape index (κ1) is 19.2. The van der Waals surface area contributed by atoms with Crippen molar-refractivity contribution in [3.63, 3.8) is 0 Å². The van der Waals surface area contributed by atoms with Gasteiger partial charge < -0.3 is 19.8 Å². The van der Waals surface area contributed by atoms with Gasteiger partial charge in [0.05, 0.1) is 11.8 Å². The molecule has 0 unspecified atom stereocenters. The molecule has 29 heavy (non-hydrogen) atoms. The van der Waals surface area contributed by atoms with Gasteiger partial charge in [-0.1, -0.05) is 35.9 Å². The van der Waals surface area contributed by atoms with Gasteiger partial charge in [-0.3, -0.25) is 0 Å². The number of likely N-dealkylation sites (tertiary alicyclic amines) is 1. The molecule has 7 nitrogen and oxygen atoms in total. The number of aliphatic hydroxyl groups is 1. The number of aromatic nitrogens is 2. The van der Waals surface area contributed by atoms with Crippen LogP contribution in [0.2, 0.25) is 5.02 Å². The molecule has 3 aromatic rings. The number of halogens is 1. The quantitative estimate of drug-likeness (QED) is 0.681. The lowest BCUT2D eigenvalue weighted by Crippen LogP contribution is -2.32. The van der Waals surface area contributed by atoms with Gasteiger partial charge in [-0.2, -0.15) is 4.98 Å². The van der Waals surface area contributed by atoms with Crippen LogP contribution < -0.4 is 4.74 Å². The van der Waals surface area contributed by atoms with Crippen LogP contribution in [-0.2, 0) is 0 Å². The summed E-state index contributed by atoms with van der Waals surface area (Å²) in [6, 6.07) is 15.2. The number of β-amino-alcohol motifs (C(OH)–C–C–N with tert-alkyl or cyclic N) is 1. The van der Waals surface area contributed by atoms with Gasteiger partial charge in [0.1, 0.15) is 5.75 Å². The van der Waals surface area contributed by atoms with Gasteiger partial charge in [-0.15, -0.1) is 0 Å². The van der Waals surface area contributed by atoms with E-state index in [1.165, 1.54) is 11.0 Å². The number of aromatic hydroxyl groups is 1. The molecule has 0 saturated carbocycles. The Morgan fingerprint density at radius 2 is 1.90 bits per heavy atom. The van der Waals surface area contributed by atoms with Crippen molar-refractivity contribution >= 4 is 17.7 Å². The van der Waals surface area contributed by atoms with Crippen molar-refractivity contribution in [2.75, 3.05) is 13.1 Å². The summed E-state index contributed by atoms with van der Waals surface area (Å²) in [6.45, 7) is 0.655. The molecular weight excluding hydrogens is 394 g/mol. The summed E-state index contributed by atoms with van der Waals surface area (Å²) in [5.74, 6) is 0.458. The van der Waals surface area contributed by atoms with Gasteiger partial charge in [0.15, 0.2) is 5.82 Å². The van der Waals surface area contributed by atoms with Crippen LogP contribution in [0.5, 0.6) is 11.6 Å². The summed E-state index contributed by atoms with van der Waals surface area (Å²) >= 11 is 5.97. The molecule has 1 saturated heterocycles. The Balaban J connectivity index is 1.71. The number of benzene rings is 2. The Morgan fingerprint density at radius 1 is 1.10 bits per heavy atom. The van der Waals surface area contributed by atoms with Crippen molar-refractivity contribution < 1.29 is 19.7 Å². The average molecular weight is 412 g/mol. The largest absolute Gasteiger partial charge is 0.508 e. The Labute approximate surface area is 172 Å². The van der Waals surface area contributed by atoms with E-state index in [4.69, 9.17) is 16.3 Å². The fraction of sp³-hybridized carbons (Fsp3) is 0.190. The summed E-state index contributed by atoms with van der Waals surface area (Å²) in [5.41, 5.74) is 1.89. The van der Waals surface area contributed by atoms with Crippen molar-refractivity contribution in [3.8, 4) is 34.3 Å². The number of nitrogens with zero attached hydrogens (tertiary/aromatic N) is 3. The molecule has 2 heterocycles. The second-order valence-electron chi connectivity index (χ2n) is 6.73. The first-order valence-corrected chi connectivity index (χ1v) is 9.45. The normalized spacial score (nSPS) is 16.1. The van der Waals surface area contributed by atoms with E-state index in [1.807, 2.05) is 0 Å². The van der Waals surface area contributed by atoms with Crippen molar-refractivity contribution in [2.24, 2.45) is 0 Å². The first-order valence-electron chi connectivity index (χ1n) is 9.07. The molecule has 0 bridgehead atoms. The fourth-order valence-electron chi connectivity index (χ4n) is 3.08. The molecule has 1 aliphatic heterocycles. The number of hydrogen-bond donors (Lipinski definition) is 2. The van der Waals surface area contributed by atoms with E-state index in [0.29, 0.717) is 35.1 Å². The molecule has 1 aliphatic rings. The van der Waals surface area contributed by atoms with Gasteiger partial charge in [-0.05, 0) is 30.7 Å². The summed E-state index contributed by atoms with van der Waals surface area (Å²) < 4.78 is 5.46. The zero-order valence-corrected chi connectivity index (χ0v) is 16.1. The number of amides is 1. The standard InChI is InChI=1S/C21H18ClN3O4/c22-15-6-4-13(5-7-15)18-11-19(29-21(28)25-9-8-17(27)12-25)24-20(23-18)14-2-1-3-16(26)10-14/h1-7,10-11,17,26-27H,8-9,12H2/t17-/m0/s1. The second-order valence-corrected chi connectivity index (χ2v) is 7.17. The number of rotatable bonds is 3. The summed E-state index contributed by atoms with van der Waals surface area (Å²) in [5, 5.41) is 20.0. The van der Waals surface area contributed by atoms with Crippen LogP contribution in [0.25, 0.3) is 22.6 Å². The van der Waals surface area contributed by atoms with Crippen LogP contribution >= 0.6 is 11.6 Å². The minimum absolute atomic E-state index is 0.0765. The van der Waals surface area contributed by atoms with Crippen LogP contribution in [0, 0.1) is 0 Å². The van der Waals surface area contributed by atoms with Crippen LogP contribution in [0.4, 0.5) is 4.79 Å². The highest BCUT2D eigenvalue weighted by atomic mass is 35.5. The van der Waals surface area contributed by atoms with E-state index in [-0.39, 0.29) is 18.2 Å². The molecule has 0 aliphatic carbocycles. The SMILES string of the molecule is O=C(Oc1cc(-c2ccc(Cl)cc2)nc(-c2cccc(O)c2)n1)N1CC[C@H](O)C1. The van der Waals surface area contributed by atoms with E-state index in [0.717, 1.165) is 5.56 Å². The lowest BCUT2D eigenvalue weighted by Gasteiger charge is -2.15. The predicted octanol–water partition coefficient (Wildman–Crippen LogP) is 3.74. The van der Waals surface area contributed by atoms with E-state index in [9.17, 15) is 15.0 Å². The smallest absolute Gasteiger partial charge is 0.416 e. The van der Waals surface area contributed by atoms with Crippen LogP contribution in [-0.4, -0.2) is 50.4 Å². The molecule has 8 heteroatoms. The zero-order chi connectivity index (χ0) is 20.4. The number of carbonyl (C=O) groups is 1. The average Bonchev–Trinajstić information content (AvgIpc) is 3.15. The van der Waals surface area contributed by atoms with Crippen LogP contribution in [0.1, 0.15) is 6.42 Å². The highest BCUT2D eigenvalue weighted by Gasteiger charge is 2.26. The van der Waals surface area contributed by atoms with Gasteiger partial charge >= 0.3 is 6.09 Å². The van der Waals surface area contributed by atoms with Crippen molar-refractivity contribution in [2.45, 2.75) is 12.5 Å². The molecule has 4 rings (SSSR count). The zero-order valence-electron chi connectivity index (χ0n) is 15.3. The number of phenolic OH excluding ortho intramolecular Hbond substituents is 1. The monoisotopic (exact) mass is 411 g/mol. The maximum absolute atomic E-state index is 12.4. The third-order valence-corrected chi connectivity index (χ3v) is 4.81. The minimum atomic E-state index is -0.579. The van der Waals surface area contributed by atoms with E-state index in [1.54, 1.807) is 48.5 Å². The Kier molecular flexibility index (Phi) is 5.33. The highest BCUT2D eigenvalue weighted by Crippen LogP contribution is 2.28. The first-order chi connectivity index (χ1) is 14.0. The van der Waals surface area contributed by atoms with Gasteiger partial charge in [0.2, 0.25) is 5.88 Å². The number of phenols is 1. The van der Waals surface area contributed by atoms with Crippen LogP contribution in [0.15, 0.2) is 54.6 Å². The molecule has 0 radical (unpaired) electrons. The maximum atomic E-state index is 12.4. The molecule has 0 spiro atoms. The number of carbonyl (C=O) groups excluding carboxylic acids is 1. The van der Waals surface area contributed by atoms with Gasteiger partial charge in [-0.25, -0.2) is 9.78 Å². The lowest BCUT2D eigenvalue weighted by molar-refractivity contribution is 0.144. The molecule has 1 atom stereocenters. The minimum Gasteiger partial charge on any atom is -0.508 e. The fourth-order valence-corrected chi connectivity index (χ4v) is 3.21. The molecule has 2 aromatic carbocycles. The number of ether oxygens (including phenoxy) is 1. The Morgan fingerprint density at radius 3 is 2.59 bits per heavy atom. The van der Waals surface area contributed by atoms with Crippen LogP contribution in [0.3, 0.4) is 0 Å². The molecule has 1 aromatic heterocycles. The summed E-state index contributed by atoms with van der Waals surface area (Å²) in [4.78, 5) is 22.8. The molecule has 2 N–H and O–H groups in total. The van der Waals surface area contributed by atoms with Crippen molar-refractivity contribution in [1.29, 1.82) is 0 Å². The molecular formula is C21H18ClN3O4. The Hall–Kier alpha value is -3.16. The van der Waals surface area contributed by atoms with E-state index < -0.39 is 12.2 Å². The van der Waals surface area contributed by atoms with Gasteiger partial charge in [0, 0.05) is 35.3 Å². The van der Waals surface area contributed by atoms with E-state index >= 15 is 0 Å². The maximum Gasteiger partial charge on any atom is 0.416 e. The van der Waals surface area contributed by atoms with Crippen molar-refractivity contribution in [1.82, 2.24) is 14.9 Å². The molecule has 1 fully saturated rings. The lowest BCUT2D eigenvalue weighted by atomic mass is 10.1. The number of aliphatic hydroxyl groups excluding tert-OH is 1.